The number of nitrogens with zero attached hydrogens (tertiary/aromatic N) is 2. The highest BCUT2D eigenvalue weighted by molar-refractivity contribution is 14.1. The van der Waals surface area contributed by atoms with Gasteiger partial charge in [-0.2, -0.15) is 5.10 Å². The van der Waals surface area contributed by atoms with Crippen molar-refractivity contribution in [2.75, 3.05) is 5.32 Å². The van der Waals surface area contributed by atoms with Crippen molar-refractivity contribution in [1.82, 2.24) is 14.8 Å². The van der Waals surface area contributed by atoms with Crippen LogP contribution >= 0.6 is 46.1 Å². The highest BCUT2D eigenvalue weighted by atomic mass is 127. The third-order valence-corrected chi connectivity index (χ3v) is 5.60. The van der Waals surface area contributed by atoms with Crippen LogP contribution in [0.3, 0.4) is 0 Å². The molecular weight excluding hydrogens is 443 g/mol. The summed E-state index contributed by atoms with van der Waals surface area (Å²) in [5.41, 5.74) is 1.96. The molecule has 2 aromatic heterocycles. The predicted octanol–water partition coefficient (Wildman–Crippen LogP) is 4.22. The lowest BCUT2D eigenvalue weighted by Gasteiger charge is -2.08. The molecule has 1 amide bonds. The van der Waals surface area contributed by atoms with Crippen LogP contribution in [0.1, 0.15) is 5.56 Å². The number of hydrogen-bond donors (Lipinski definition) is 2. The molecule has 1 aromatic carbocycles. The fraction of sp³-hybridized carbons (Fsp3) is 0.133. The summed E-state index contributed by atoms with van der Waals surface area (Å²) in [6.07, 6.45) is 0. The molecule has 0 aliphatic rings. The summed E-state index contributed by atoms with van der Waals surface area (Å²) in [6.45, 7) is 2.15. The van der Waals surface area contributed by atoms with Crippen molar-refractivity contribution in [2.45, 2.75) is 13.5 Å². The molecule has 23 heavy (non-hydrogen) atoms. The summed E-state index contributed by atoms with van der Waals surface area (Å²) in [7, 11) is 0. The number of benzene rings is 1. The van der Waals surface area contributed by atoms with Gasteiger partial charge in [-0.05, 0) is 70.9 Å². The van der Waals surface area contributed by atoms with Gasteiger partial charge in [0.05, 0.1) is 4.88 Å². The van der Waals surface area contributed by atoms with Crippen molar-refractivity contribution >= 4 is 57.7 Å². The molecule has 2 N–H and O–H groups in total. The second-order valence-electron chi connectivity index (χ2n) is 4.93. The molecule has 3 rings (SSSR count). The average Bonchev–Trinajstić information content (AvgIpc) is 3.14. The van der Waals surface area contributed by atoms with Crippen LogP contribution in [0.4, 0.5) is 5.69 Å². The van der Waals surface area contributed by atoms with Gasteiger partial charge in [-0.15, -0.1) is 11.3 Å². The Kier molecular flexibility index (Phi) is 4.93. The minimum Gasteiger partial charge on any atom is -0.324 e. The first-order valence-corrected chi connectivity index (χ1v) is 9.16. The van der Waals surface area contributed by atoms with Gasteiger partial charge in [0.15, 0.2) is 10.6 Å². The first kappa shape index (κ1) is 16.3. The molecule has 0 spiro atoms. The molecule has 0 aliphatic heterocycles. The first-order valence-electron chi connectivity index (χ1n) is 6.79. The molecule has 2 heterocycles. The van der Waals surface area contributed by atoms with Gasteiger partial charge in [-0.25, -0.2) is 0 Å². The Morgan fingerprint density at radius 1 is 1.48 bits per heavy atom. The zero-order valence-corrected chi connectivity index (χ0v) is 16.0. The maximum absolute atomic E-state index is 12.3. The Morgan fingerprint density at radius 2 is 2.30 bits per heavy atom. The number of thiophene rings is 1. The predicted molar refractivity (Wildman–Crippen MR) is 103 cm³/mol. The monoisotopic (exact) mass is 456 g/mol. The van der Waals surface area contributed by atoms with E-state index in [4.69, 9.17) is 12.2 Å². The van der Waals surface area contributed by atoms with E-state index in [1.54, 1.807) is 15.9 Å². The zero-order valence-electron chi connectivity index (χ0n) is 12.2. The standard InChI is InChI=1S/C15H13IN4OS2/c1-9-4-5-10(7-11(9)16)17-13(21)8-20-14(18-19-15(20)22)12-3-2-6-23-12/h2-7H,8H2,1H3,(H,17,21)(H,19,22). The highest BCUT2D eigenvalue weighted by Crippen LogP contribution is 2.23. The molecule has 118 valence electrons. The Labute approximate surface area is 155 Å². The van der Waals surface area contributed by atoms with Gasteiger partial charge in [0, 0.05) is 9.26 Å². The van der Waals surface area contributed by atoms with E-state index in [9.17, 15) is 4.79 Å². The normalized spacial score (nSPS) is 10.7. The Hall–Kier alpha value is -1.52. The van der Waals surface area contributed by atoms with Gasteiger partial charge >= 0.3 is 0 Å². The van der Waals surface area contributed by atoms with E-state index in [2.05, 4.69) is 38.1 Å². The molecule has 0 radical (unpaired) electrons. The largest absolute Gasteiger partial charge is 0.324 e. The number of H-pyrrole nitrogens is 1. The molecule has 0 aliphatic carbocycles. The fourth-order valence-corrected chi connectivity index (χ4v) is 3.51. The smallest absolute Gasteiger partial charge is 0.244 e. The number of carbonyl (C=O) groups is 1. The molecule has 0 atom stereocenters. The van der Waals surface area contributed by atoms with Crippen LogP contribution in [0.25, 0.3) is 10.7 Å². The van der Waals surface area contributed by atoms with E-state index in [0.29, 0.717) is 10.6 Å². The van der Waals surface area contributed by atoms with E-state index in [0.717, 1.165) is 14.1 Å². The van der Waals surface area contributed by atoms with E-state index in [1.807, 2.05) is 42.6 Å². The van der Waals surface area contributed by atoms with Crippen LogP contribution in [0, 0.1) is 15.3 Å². The van der Waals surface area contributed by atoms with Crippen LogP contribution in [-0.4, -0.2) is 20.7 Å². The third-order valence-electron chi connectivity index (χ3n) is 3.26. The Balaban J connectivity index is 1.79. The molecule has 3 aromatic rings. The van der Waals surface area contributed by atoms with Crippen LogP contribution in [0.15, 0.2) is 35.7 Å². The van der Waals surface area contributed by atoms with Crippen molar-refractivity contribution in [3.8, 4) is 10.7 Å². The van der Waals surface area contributed by atoms with Crippen LogP contribution in [0.2, 0.25) is 0 Å². The number of aryl methyl sites for hydroxylation is 1. The SMILES string of the molecule is Cc1ccc(NC(=O)Cn2c(-c3cccs3)n[nH]c2=S)cc1I. The van der Waals surface area contributed by atoms with Gasteiger partial charge < -0.3 is 5.32 Å². The topological polar surface area (TPSA) is 62.7 Å². The lowest BCUT2D eigenvalue weighted by Crippen LogP contribution is -2.19. The summed E-state index contributed by atoms with van der Waals surface area (Å²) in [5.74, 6) is 0.540. The minimum absolute atomic E-state index is 0.118. The van der Waals surface area contributed by atoms with E-state index in [1.165, 1.54) is 5.56 Å². The number of rotatable bonds is 4. The molecule has 0 fully saturated rings. The van der Waals surface area contributed by atoms with Gasteiger partial charge in [-0.1, -0.05) is 12.1 Å². The number of aromatic amines is 1. The van der Waals surface area contributed by atoms with Crippen molar-refractivity contribution in [1.29, 1.82) is 0 Å². The average molecular weight is 456 g/mol. The molecule has 0 saturated carbocycles. The van der Waals surface area contributed by atoms with Crippen LogP contribution in [0.5, 0.6) is 0 Å². The number of carbonyl (C=O) groups excluding carboxylic acids is 1. The summed E-state index contributed by atoms with van der Waals surface area (Å²) in [5, 5.41) is 11.8. The zero-order chi connectivity index (χ0) is 16.4. The van der Waals surface area contributed by atoms with Crippen molar-refractivity contribution in [3.05, 3.63) is 49.6 Å². The quantitative estimate of drug-likeness (QED) is 0.457. The number of halogens is 1. The number of nitrogens with one attached hydrogen (secondary N) is 2. The molecule has 0 bridgehead atoms. The second kappa shape index (κ2) is 6.93. The maximum Gasteiger partial charge on any atom is 0.244 e. The molecule has 8 heteroatoms. The lowest BCUT2D eigenvalue weighted by molar-refractivity contribution is -0.116. The van der Waals surface area contributed by atoms with E-state index < -0.39 is 0 Å². The number of amides is 1. The highest BCUT2D eigenvalue weighted by Gasteiger charge is 2.13. The molecular formula is C15H13IN4OS2. The maximum atomic E-state index is 12.3. The molecule has 5 nitrogen and oxygen atoms in total. The van der Waals surface area contributed by atoms with Crippen molar-refractivity contribution in [2.24, 2.45) is 0 Å². The van der Waals surface area contributed by atoms with E-state index >= 15 is 0 Å². The molecule has 0 saturated heterocycles. The van der Waals surface area contributed by atoms with Crippen molar-refractivity contribution < 1.29 is 4.79 Å². The third kappa shape index (κ3) is 3.70. The van der Waals surface area contributed by atoms with E-state index in [-0.39, 0.29) is 12.5 Å². The lowest BCUT2D eigenvalue weighted by atomic mass is 10.2. The fourth-order valence-electron chi connectivity index (χ4n) is 2.07. The molecule has 0 unspecified atom stereocenters. The van der Waals surface area contributed by atoms with Crippen LogP contribution in [-0.2, 0) is 11.3 Å². The summed E-state index contributed by atoms with van der Waals surface area (Å²) in [4.78, 5) is 13.3. The van der Waals surface area contributed by atoms with Gasteiger partial charge in [-0.3, -0.25) is 14.5 Å². The number of hydrogen-bond acceptors (Lipinski definition) is 4. The summed E-state index contributed by atoms with van der Waals surface area (Å²) >= 11 is 9.04. The second-order valence-corrected chi connectivity index (χ2v) is 7.42. The van der Waals surface area contributed by atoms with Gasteiger partial charge in [0.25, 0.3) is 0 Å². The Morgan fingerprint density at radius 3 is 3.00 bits per heavy atom. The van der Waals surface area contributed by atoms with Gasteiger partial charge in [0.1, 0.15) is 6.54 Å². The number of anilines is 1. The number of aromatic nitrogens is 3. The van der Waals surface area contributed by atoms with Crippen molar-refractivity contribution in [3.63, 3.8) is 0 Å². The summed E-state index contributed by atoms with van der Waals surface area (Å²) < 4.78 is 3.25. The van der Waals surface area contributed by atoms with Gasteiger partial charge in [0.2, 0.25) is 5.91 Å². The van der Waals surface area contributed by atoms with Crippen LogP contribution < -0.4 is 5.32 Å². The minimum atomic E-state index is -0.139. The summed E-state index contributed by atoms with van der Waals surface area (Å²) in [6, 6.07) is 9.72. The first-order chi connectivity index (χ1) is 11.0. The Bertz CT molecular complexity index is 899.